The molecule has 1 saturated carbocycles. The number of thioether (sulfide) groups is 1. The molecule has 17 heavy (non-hydrogen) atoms. The second kappa shape index (κ2) is 5.03. The van der Waals surface area contributed by atoms with Crippen LogP contribution < -0.4 is 5.32 Å². The zero-order chi connectivity index (χ0) is 11.7. The van der Waals surface area contributed by atoms with Crippen molar-refractivity contribution in [3.63, 3.8) is 0 Å². The quantitative estimate of drug-likeness (QED) is 0.876. The molecule has 1 aromatic rings. The number of aryl methyl sites for hydroxylation is 1. The molecule has 2 aliphatic rings. The minimum Gasteiger partial charge on any atom is -0.307 e. The van der Waals surface area contributed by atoms with E-state index in [1.165, 1.54) is 32.1 Å². The lowest BCUT2D eigenvalue weighted by molar-refractivity contribution is 0.438. The fraction of sp³-hybridized carbons (Fsp3) is 0.600. The van der Waals surface area contributed by atoms with Gasteiger partial charge in [0.05, 0.1) is 0 Å². The summed E-state index contributed by atoms with van der Waals surface area (Å²) in [5.41, 5.74) is 3.12. The lowest BCUT2D eigenvalue weighted by Crippen LogP contribution is -2.29. The van der Waals surface area contributed by atoms with Crippen molar-refractivity contribution in [3.05, 3.63) is 35.4 Å². The minimum atomic E-state index is 0.622. The highest BCUT2D eigenvalue weighted by atomic mass is 32.2. The van der Waals surface area contributed by atoms with Crippen molar-refractivity contribution in [2.24, 2.45) is 0 Å². The molecule has 3 rings (SSSR count). The lowest BCUT2D eigenvalue weighted by atomic mass is 10.1. The number of hydrogen-bond acceptors (Lipinski definition) is 2. The second-order valence-electron chi connectivity index (χ2n) is 5.32. The van der Waals surface area contributed by atoms with Crippen LogP contribution in [-0.4, -0.2) is 17.5 Å². The predicted octanol–water partition coefficient (Wildman–Crippen LogP) is 3.55. The molecule has 0 bridgehead atoms. The SMILES string of the molecule is CSC1CCC(NC2CCc3ccccc32)C1. The maximum Gasteiger partial charge on any atom is 0.0328 e. The van der Waals surface area contributed by atoms with Crippen molar-refractivity contribution < 1.29 is 0 Å². The molecule has 0 heterocycles. The zero-order valence-electron chi connectivity index (χ0n) is 10.5. The molecule has 1 fully saturated rings. The maximum atomic E-state index is 3.88. The average Bonchev–Trinajstić information content (AvgIpc) is 2.97. The first kappa shape index (κ1) is 11.6. The van der Waals surface area contributed by atoms with Gasteiger partial charge in [0.2, 0.25) is 0 Å². The summed E-state index contributed by atoms with van der Waals surface area (Å²) in [4.78, 5) is 0. The predicted molar refractivity (Wildman–Crippen MR) is 75.6 cm³/mol. The third-order valence-corrected chi connectivity index (χ3v) is 5.38. The molecule has 0 saturated heterocycles. The summed E-state index contributed by atoms with van der Waals surface area (Å²) in [5.74, 6) is 0. The van der Waals surface area contributed by atoms with E-state index in [0.717, 1.165) is 11.3 Å². The smallest absolute Gasteiger partial charge is 0.0328 e. The molecule has 2 heteroatoms. The summed E-state index contributed by atoms with van der Waals surface area (Å²) in [6.45, 7) is 0. The number of benzene rings is 1. The van der Waals surface area contributed by atoms with Crippen LogP contribution >= 0.6 is 11.8 Å². The molecule has 0 aliphatic heterocycles. The molecule has 2 aliphatic carbocycles. The van der Waals surface area contributed by atoms with E-state index < -0.39 is 0 Å². The third kappa shape index (κ3) is 2.38. The normalized spacial score (nSPS) is 31.7. The van der Waals surface area contributed by atoms with Crippen LogP contribution in [0.2, 0.25) is 0 Å². The Balaban J connectivity index is 1.64. The molecule has 0 radical (unpaired) electrons. The first-order valence-corrected chi connectivity index (χ1v) is 8.02. The third-order valence-electron chi connectivity index (χ3n) is 4.29. The fourth-order valence-electron chi connectivity index (χ4n) is 3.32. The molecule has 0 spiro atoms. The molecular formula is C15H21NS. The van der Waals surface area contributed by atoms with Crippen molar-refractivity contribution in [3.8, 4) is 0 Å². The van der Waals surface area contributed by atoms with Gasteiger partial charge < -0.3 is 5.32 Å². The van der Waals surface area contributed by atoms with Gasteiger partial charge in [-0.2, -0.15) is 11.8 Å². The van der Waals surface area contributed by atoms with E-state index in [1.54, 1.807) is 11.1 Å². The Kier molecular flexibility index (Phi) is 3.44. The molecule has 3 atom stereocenters. The Morgan fingerprint density at radius 3 is 2.88 bits per heavy atom. The molecule has 1 aromatic carbocycles. The van der Waals surface area contributed by atoms with Gasteiger partial charge in [-0.05, 0) is 49.5 Å². The van der Waals surface area contributed by atoms with E-state index >= 15 is 0 Å². The molecule has 0 amide bonds. The summed E-state index contributed by atoms with van der Waals surface area (Å²) < 4.78 is 0. The highest BCUT2D eigenvalue weighted by molar-refractivity contribution is 7.99. The maximum absolute atomic E-state index is 3.88. The van der Waals surface area contributed by atoms with Gasteiger partial charge in [-0.25, -0.2) is 0 Å². The topological polar surface area (TPSA) is 12.0 Å². The average molecular weight is 247 g/mol. The van der Waals surface area contributed by atoms with Crippen molar-refractivity contribution in [1.82, 2.24) is 5.32 Å². The Labute approximate surface area is 108 Å². The van der Waals surface area contributed by atoms with E-state index in [-0.39, 0.29) is 0 Å². The van der Waals surface area contributed by atoms with E-state index in [1.807, 2.05) is 11.8 Å². The summed E-state index contributed by atoms with van der Waals surface area (Å²) in [6.07, 6.45) is 8.92. The van der Waals surface area contributed by atoms with E-state index in [9.17, 15) is 0 Å². The van der Waals surface area contributed by atoms with Crippen LogP contribution in [0, 0.1) is 0 Å². The van der Waals surface area contributed by atoms with Crippen LogP contribution in [0.5, 0.6) is 0 Å². The van der Waals surface area contributed by atoms with Gasteiger partial charge in [-0.3, -0.25) is 0 Å². The number of hydrogen-bond donors (Lipinski definition) is 1. The van der Waals surface area contributed by atoms with Crippen LogP contribution in [0.25, 0.3) is 0 Å². The second-order valence-corrected chi connectivity index (χ2v) is 6.46. The van der Waals surface area contributed by atoms with Crippen molar-refractivity contribution in [2.75, 3.05) is 6.26 Å². The molecule has 1 nitrogen and oxygen atoms in total. The first-order valence-electron chi connectivity index (χ1n) is 6.73. The minimum absolute atomic E-state index is 0.622. The van der Waals surface area contributed by atoms with Gasteiger partial charge in [0, 0.05) is 17.3 Å². The largest absolute Gasteiger partial charge is 0.307 e. The first-order chi connectivity index (χ1) is 8.36. The lowest BCUT2D eigenvalue weighted by Gasteiger charge is -2.20. The van der Waals surface area contributed by atoms with Crippen molar-refractivity contribution in [2.45, 2.75) is 49.4 Å². The Bertz CT molecular complexity index is 390. The Morgan fingerprint density at radius 2 is 2.06 bits per heavy atom. The van der Waals surface area contributed by atoms with Crippen LogP contribution in [-0.2, 0) is 6.42 Å². The molecule has 1 N–H and O–H groups in total. The summed E-state index contributed by atoms with van der Waals surface area (Å²) in [7, 11) is 0. The van der Waals surface area contributed by atoms with Crippen molar-refractivity contribution >= 4 is 11.8 Å². The summed E-state index contributed by atoms with van der Waals surface area (Å²) >= 11 is 2.04. The number of fused-ring (bicyclic) bond motifs is 1. The number of nitrogens with one attached hydrogen (secondary N) is 1. The van der Waals surface area contributed by atoms with Gasteiger partial charge in [-0.15, -0.1) is 0 Å². The molecule has 92 valence electrons. The monoisotopic (exact) mass is 247 g/mol. The molecule has 3 unspecified atom stereocenters. The standard InChI is InChI=1S/C15H21NS/c1-17-13-8-7-12(10-13)16-15-9-6-11-4-2-3-5-14(11)15/h2-5,12-13,15-16H,6-10H2,1H3. The van der Waals surface area contributed by atoms with Crippen LogP contribution in [0.4, 0.5) is 0 Å². The van der Waals surface area contributed by atoms with E-state index in [0.29, 0.717) is 6.04 Å². The van der Waals surface area contributed by atoms with Gasteiger partial charge in [0.25, 0.3) is 0 Å². The Morgan fingerprint density at radius 1 is 1.18 bits per heavy atom. The molecular weight excluding hydrogens is 226 g/mol. The van der Waals surface area contributed by atoms with Crippen molar-refractivity contribution in [1.29, 1.82) is 0 Å². The van der Waals surface area contributed by atoms with Crippen LogP contribution in [0.3, 0.4) is 0 Å². The fourth-order valence-corrected chi connectivity index (χ4v) is 4.12. The highest BCUT2D eigenvalue weighted by Gasteiger charge is 2.28. The van der Waals surface area contributed by atoms with Crippen LogP contribution in [0.15, 0.2) is 24.3 Å². The summed E-state index contributed by atoms with van der Waals surface area (Å²) in [6, 6.07) is 10.3. The number of rotatable bonds is 3. The van der Waals surface area contributed by atoms with Gasteiger partial charge in [-0.1, -0.05) is 24.3 Å². The van der Waals surface area contributed by atoms with Gasteiger partial charge in [0.15, 0.2) is 0 Å². The molecule has 0 aromatic heterocycles. The van der Waals surface area contributed by atoms with E-state index in [4.69, 9.17) is 0 Å². The van der Waals surface area contributed by atoms with Crippen LogP contribution in [0.1, 0.15) is 42.9 Å². The van der Waals surface area contributed by atoms with Gasteiger partial charge >= 0.3 is 0 Å². The van der Waals surface area contributed by atoms with Gasteiger partial charge in [0.1, 0.15) is 0 Å². The Hall–Kier alpha value is -0.470. The van der Waals surface area contributed by atoms with E-state index in [2.05, 4.69) is 35.8 Å². The zero-order valence-corrected chi connectivity index (χ0v) is 11.3. The highest BCUT2D eigenvalue weighted by Crippen LogP contribution is 2.34. The summed E-state index contributed by atoms with van der Waals surface area (Å²) in [5, 5.41) is 4.78.